The molecule has 0 radical (unpaired) electrons. The summed E-state index contributed by atoms with van der Waals surface area (Å²) < 4.78 is 0. The van der Waals surface area contributed by atoms with Gasteiger partial charge in [-0.15, -0.1) is 0 Å². The molecule has 1 atom stereocenters. The summed E-state index contributed by atoms with van der Waals surface area (Å²) in [5, 5.41) is 9.12. The van der Waals surface area contributed by atoms with E-state index in [1.54, 1.807) is 12.4 Å². The molecule has 0 unspecified atom stereocenters. The van der Waals surface area contributed by atoms with Crippen molar-refractivity contribution in [3.05, 3.63) is 114 Å². The van der Waals surface area contributed by atoms with Crippen LogP contribution in [0.25, 0.3) is 10.8 Å². The van der Waals surface area contributed by atoms with E-state index < -0.39 is 0 Å². The molecule has 1 aliphatic rings. The Labute approximate surface area is 211 Å². The van der Waals surface area contributed by atoms with Crippen LogP contribution in [0.1, 0.15) is 27.0 Å². The van der Waals surface area contributed by atoms with Crippen LogP contribution in [-0.2, 0) is 19.5 Å². The van der Waals surface area contributed by atoms with Gasteiger partial charge in [0.2, 0.25) is 0 Å². The molecule has 6 heteroatoms. The predicted octanol–water partition coefficient (Wildman–Crippen LogP) is 4.51. The second kappa shape index (κ2) is 10.8. The van der Waals surface area contributed by atoms with E-state index in [0.29, 0.717) is 10.7 Å². The molecule has 0 aliphatic carbocycles. The molecule has 1 aromatic heterocycles. The number of carbonyl (C=O) groups is 1. The number of ketones is 1. The Balaban J connectivity index is 1.20. The lowest BCUT2D eigenvalue weighted by Crippen LogP contribution is -2.48. The molecule has 5 rings (SSSR count). The summed E-state index contributed by atoms with van der Waals surface area (Å²) in [6.45, 7) is 2.90. The fourth-order valence-corrected chi connectivity index (χ4v) is 4.90. The molecular weight excluding hydrogens is 452 g/mol. The molecule has 3 aromatic carbocycles. The number of pyridine rings is 1. The molecule has 0 saturated carbocycles. The van der Waals surface area contributed by atoms with Gasteiger partial charge in [0, 0.05) is 49.0 Å². The van der Waals surface area contributed by atoms with Crippen molar-refractivity contribution in [2.45, 2.75) is 25.6 Å². The molecule has 0 saturated heterocycles. The molecule has 176 valence electrons. The van der Waals surface area contributed by atoms with E-state index in [-0.39, 0.29) is 18.4 Å². The van der Waals surface area contributed by atoms with Crippen LogP contribution in [0.3, 0.4) is 0 Å². The molecule has 0 fully saturated rings. The third-order valence-corrected chi connectivity index (χ3v) is 6.68. The molecule has 35 heavy (non-hydrogen) atoms. The normalized spacial score (nSPS) is 13.8. The predicted molar refractivity (Wildman–Crippen MR) is 144 cm³/mol. The standard InChI is InChI=1S/C29H28N4OS/c34-28(23-10-11-24-16-30-13-12-22(24)15-23)17-31-29(35)32-27(14-21-6-2-1-3-7-21)20-33-18-25-8-4-5-9-26(25)19-33/h1-13,15-16,27H,14,17-20H2,(H2,31,32,35)/t27-/m1/s1. The maximum Gasteiger partial charge on any atom is 0.181 e. The number of Topliss-reactive ketones (excluding diaryl/α,β-unsaturated/α-hetero) is 1. The molecule has 2 heterocycles. The Morgan fingerprint density at radius 1 is 0.943 bits per heavy atom. The molecular formula is C29H28N4OS. The topological polar surface area (TPSA) is 57.3 Å². The highest BCUT2D eigenvalue weighted by Crippen LogP contribution is 2.22. The number of nitrogens with one attached hydrogen (secondary N) is 2. The first kappa shape index (κ1) is 23.1. The van der Waals surface area contributed by atoms with Crippen LogP contribution >= 0.6 is 12.2 Å². The maximum absolute atomic E-state index is 12.8. The average Bonchev–Trinajstić information content (AvgIpc) is 3.30. The highest BCUT2D eigenvalue weighted by Gasteiger charge is 2.22. The van der Waals surface area contributed by atoms with Gasteiger partial charge in [-0.3, -0.25) is 14.7 Å². The Bertz CT molecular complexity index is 1320. The van der Waals surface area contributed by atoms with Gasteiger partial charge in [-0.05, 0) is 52.8 Å². The lowest BCUT2D eigenvalue weighted by atomic mass is 10.1. The summed E-state index contributed by atoms with van der Waals surface area (Å²) >= 11 is 5.60. The Morgan fingerprint density at radius 3 is 2.46 bits per heavy atom. The Hall–Kier alpha value is -3.61. The number of hydrogen-bond acceptors (Lipinski definition) is 4. The van der Waals surface area contributed by atoms with Gasteiger partial charge in [0.25, 0.3) is 0 Å². The highest BCUT2D eigenvalue weighted by molar-refractivity contribution is 7.80. The number of fused-ring (bicyclic) bond motifs is 2. The second-order valence-electron chi connectivity index (χ2n) is 9.01. The van der Waals surface area contributed by atoms with Crippen molar-refractivity contribution >= 4 is 33.9 Å². The number of thiocarbonyl (C=S) groups is 1. The first-order valence-corrected chi connectivity index (χ1v) is 12.3. The Kier molecular flexibility index (Phi) is 7.12. The van der Waals surface area contributed by atoms with Crippen molar-refractivity contribution in [3.63, 3.8) is 0 Å². The Morgan fingerprint density at radius 2 is 1.69 bits per heavy atom. The number of benzene rings is 3. The van der Waals surface area contributed by atoms with Crippen LogP contribution in [0.2, 0.25) is 0 Å². The summed E-state index contributed by atoms with van der Waals surface area (Å²) in [5.74, 6) is 0.00228. The van der Waals surface area contributed by atoms with Crippen molar-refractivity contribution in [3.8, 4) is 0 Å². The first-order chi connectivity index (χ1) is 17.1. The van der Waals surface area contributed by atoms with Crippen molar-refractivity contribution < 1.29 is 4.79 Å². The maximum atomic E-state index is 12.8. The molecule has 2 N–H and O–H groups in total. The number of rotatable bonds is 8. The van der Waals surface area contributed by atoms with E-state index in [4.69, 9.17) is 12.2 Å². The second-order valence-corrected chi connectivity index (χ2v) is 9.42. The van der Waals surface area contributed by atoms with Gasteiger partial charge >= 0.3 is 0 Å². The smallest absolute Gasteiger partial charge is 0.181 e. The van der Waals surface area contributed by atoms with Crippen molar-refractivity contribution in [2.24, 2.45) is 0 Å². The quantitative estimate of drug-likeness (QED) is 0.286. The SMILES string of the molecule is O=C(CNC(=S)N[C@H](Cc1ccccc1)CN1Cc2ccccc2C1)c1ccc2cnccc2c1. The first-order valence-electron chi connectivity index (χ1n) is 11.9. The van der Waals surface area contributed by atoms with E-state index in [2.05, 4.69) is 69.0 Å². The van der Waals surface area contributed by atoms with Gasteiger partial charge < -0.3 is 10.6 Å². The highest BCUT2D eigenvalue weighted by atomic mass is 32.1. The van der Waals surface area contributed by atoms with Gasteiger partial charge in [-0.1, -0.05) is 66.7 Å². The van der Waals surface area contributed by atoms with E-state index in [0.717, 1.165) is 36.8 Å². The van der Waals surface area contributed by atoms with Crippen LogP contribution in [0, 0.1) is 0 Å². The van der Waals surface area contributed by atoms with E-state index in [1.807, 2.05) is 30.3 Å². The minimum atomic E-state index is 0.00228. The zero-order valence-corrected chi connectivity index (χ0v) is 20.3. The summed E-state index contributed by atoms with van der Waals surface area (Å²) in [5.41, 5.74) is 4.70. The zero-order valence-electron chi connectivity index (χ0n) is 19.5. The lowest BCUT2D eigenvalue weighted by molar-refractivity contribution is 0.0996. The van der Waals surface area contributed by atoms with Crippen molar-refractivity contribution in [2.75, 3.05) is 13.1 Å². The van der Waals surface area contributed by atoms with E-state index >= 15 is 0 Å². The van der Waals surface area contributed by atoms with Gasteiger partial charge in [0.1, 0.15) is 0 Å². The van der Waals surface area contributed by atoms with Gasteiger partial charge in [-0.2, -0.15) is 0 Å². The largest absolute Gasteiger partial charge is 0.358 e. The molecule has 4 aromatic rings. The van der Waals surface area contributed by atoms with Crippen LogP contribution in [0.5, 0.6) is 0 Å². The van der Waals surface area contributed by atoms with Gasteiger partial charge in [0.05, 0.1) is 6.54 Å². The van der Waals surface area contributed by atoms with Crippen LogP contribution in [-0.4, -0.2) is 39.9 Å². The zero-order chi connectivity index (χ0) is 24.0. The van der Waals surface area contributed by atoms with E-state index in [1.165, 1.54) is 16.7 Å². The fourth-order valence-electron chi connectivity index (χ4n) is 4.66. The molecule has 0 amide bonds. The van der Waals surface area contributed by atoms with E-state index in [9.17, 15) is 4.79 Å². The number of hydrogen-bond donors (Lipinski definition) is 2. The number of aromatic nitrogens is 1. The minimum absolute atomic E-state index is 0.00228. The van der Waals surface area contributed by atoms with Gasteiger partial charge in [0.15, 0.2) is 10.9 Å². The lowest BCUT2D eigenvalue weighted by Gasteiger charge is -2.26. The third-order valence-electron chi connectivity index (χ3n) is 6.42. The molecule has 1 aliphatic heterocycles. The summed E-state index contributed by atoms with van der Waals surface area (Å²) in [4.78, 5) is 19.4. The van der Waals surface area contributed by atoms with Gasteiger partial charge in [-0.25, -0.2) is 0 Å². The van der Waals surface area contributed by atoms with Crippen LogP contribution in [0.4, 0.5) is 0 Å². The molecule has 0 bridgehead atoms. The summed E-state index contributed by atoms with van der Waals surface area (Å²) in [7, 11) is 0. The minimum Gasteiger partial charge on any atom is -0.358 e. The summed E-state index contributed by atoms with van der Waals surface area (Å²) in [6.07, 6.45) is 4.38. The third kappa shape index (κ3) is 5.91. The van der Waals surface area contributed by atoms with Crippen molar-refractivity contribution in [1.82, 2.24) is 20.5 Å². The van der Waals surface area contributed by atoms with Crippen LogP contribution in [0.15, 0.2) is 91.3 Å². The number of nitrogens with zero attached hydrogens (tertiary/aromatic N) is 2. The monoisotopic (exact) mass is 480 g/mol. The van der Waals surface area contributed by atoms with Crippen molar-refractivity contribution in [1.29, 1.82) is 0 Å². The fraction of sp³-hybridized carbons (Fsp3) is 0.207. The van der Waals surface area contributed by atoms with Crippen LogP contribution < -0.4 is 10.6 Å². The number of carbonyl (C=O) groups excluding carboxylic acids is 1. The molecule has 5 nitrogen and oxygen atoms in total. The molecule has 0 spiro atoms. The average molecular weight is 481 g/mol. The summed E-state index contributed by atoms with van der Waals surface area (Å²) in [6, 6.07) is 26.8.